The number of carbonyl (C=O) groups is 1. The second kappa shape index (κ2) is 8.84. The lowest BCUT2D eigenvalue weighted by atomic mass is 9.94. The van der Waals surface area contributed by atoms with Gasteiger partial charge in [-0.15, -0.1) is 0 Å². The Morgan fingerprint density at radius 1 is 1.38 bits per heavy atom. The van der Waals surface area contributed by atoms with Crippen LogP contribution in [0, 0.1) is 5.92 Å². The van der Waals surface area contributed by atoms with Gasteiger partial charge in [-0.05, 0) is 56.8 Å². The first-order chi connectivity index (χ1) is 11.4. The second-order valence-electron chi connectivity index (χ2n) is 7.19. The summed E-state index contributed by atoms with van der Waals surface area (Å²) < 4.78 is 0. The van der Waals surface area contributed by atoms with E-state index in [4.69, 9.17) is 17.3 Å². The quantitative estimate of drug-likeness (QED) is 0.793. The summed E-state index contributed by atoms with van der Waals surface area (Å²) in [6, 6.07) is 8.03. The fourth-order valence-electron chi connectivity index (χ4n) is 3.29. The lowest BCUT2D eigenvalue weighted by Crippen LogP contribution is -2.52. The first-order valence-corrected chi connectivity index (χ1v) is 9.33. The average molecular weight is 352 g/mol. The van der Waals surface area contributed by atoms with Gasteiger partial charge in [-0.1, -0.05) is 43.1 Å². The molecule has 1 heterocycles. The zero-order chi connectivity index (χ0) is 17.6. The van der Waals surface area contributed by atoms with Gasteiger partial charge in [-0.2, -0.15) is 0 Å². The van der Waals surface area contributed by atoms with Gasteiger partial charge >= 0.3 is 0 Å². The van der Waals surface area contributed by atoms with Crippen LogP contribution in [-0.4, -0.2) is 36.0 Å². The molecule has 1 aromatic carbocycles. The molecular weight excluding hydrogens is 322 g/mol. The lowest BCUT2D eigenvalue weighted by molar-refractivity contribution is -0.126. The van der Waals surface area contributed by atoms with Crippen molar-refractivity contribution in [1.82, 2.24) is 10.2 Å². The number of amides is 1. The number of nitrogens with two attached hydrogens (primary N) is 1. The summed E-state index contributed by atoms with van der Waals surface area (Å²) >= 11 is 6.24. The number of nitrogens with zero attached hydrogens (tertiary/aromatic N) is 1. The van der Waals surface area contributed by atoms with Crippen LogP contribution in [0.2, 0.25) is 5.02 Å². The first kappa shape index (κ1) is 19.2. The zero-order valence-corrected chi connectivity index (χ0v) is 15.6. The topological polar surface area (TPSA) is 58.4 Å². The van der Waals surface area contributed by atoms with E-state index in [1.807, 2.05) is 32.0 Å². The van der Waals surface area contributed by atoms with Gasteiger partial charge in [-0.25, -0.2) is 0 Å². The third-order valence-electron chi connectivity index (χ3n) is 4.90. The van der Waals surface area contributed by atoms with Crippen molar-refractivity contribution in [1.29, 1.82) is 0 Å². The van der Waals surface area contributed by atoms with E-state index in [1.165, 1.54) is 5.56 Å². The van der Waals surface area contributed by atoms with Gasteiger partial charge in [0.05, 0.1) is 5.54 Å². The molecule has 1 aliphatic heterocycles. The normalized spacial score (nSPS) is 19.0. The molecule has 2 rings (SSSR count). The van der Waals surface area contributed by atoms with Crippen molar-refractivity contribution >= 4 is 17.5 Å². The molecule has 0 radical (unpaired) electrons. The molecule has 134 valence electrons. The van der Waals surface area contributed by atoms with E-state index in [1.54, 1.807) is 0 Å². The highest BCUT2D eigenvalue weighted by Gasteiger charge is 2.28. The standard InChI is InChI=1S/C19H30ClN3O/c1-3-10-19(2,21)18(24)22-13-15-8-11-23(12-9-15)14-16-6-4-5-7-17(16)20/h4-7,15H,3,8-14,21H2,1-2H3,(H,22,24). The maximum absolute atomic E-state index is 12.2. The van der Waals surface area contributed by atoms with Crippen LogP contribution < -0.4 is 11.1 Å². The van der Waals surface area contributed by atoms with Crippen molar-refractivity contribution < 1.29 is 4.79 Å². The molecule has 0 saturated carbocycles. The minimum Gasteiger partial charge on any atom is -0.354 e. The van der Waals surface area contributed by atoms with Gasteiger partial charge < -0.3 is 11.1 Å². The molecule has 5 heteroatoms. The summed E-state index contributed by atoms with van der Waals surface area (Å²) in [5, 5.41) is 3.89. The molecular formula is C19H30ClN3O. The van der Waals surface area contributed by atoms with Crippen LogP contribution in [0.15, 0.2) is 24.3 Å². The third-order valence-corrected chi connectivity index (χ3v) is 5.27. The van der Waals surface area contributed by atoms with Gasteiger partial charge in [0.15, 0.2) is 0 Å². The maximum Gasteiger partial charge on any atom is 0.239 e. The Balaban J connectivity index is 1.73. The zero-order valence-electron chi connectivity index (χ0n) is 14.9. The smallest absolute Gasteiger partial charge is 0.239 e. The average Bonchev–Trinajstić information content (AvgIpc) is 2.56. The molecule has 1 fully saturated rings. The Kier molecular flexibility index (Phi) is 7.08. The number of likely N-dealkylation sites (tertiary alicyclic amines) is 1. The Labute approximate surface area is 150 Å². The SMILES string of the molecule is CCCC(C)(N)C(=O)NCC1CCN(Cc2ccccc2Cl)CC1. The van der Waals surface area contributed by atoms with Gasteiger partial charge in [0.1, 0.15) is 0 Å². The van der Waals surface area contributed by atoms with Gasteiger partial charge in [0.25, 0.3) is 0 Å². The monoisotopic (exact) mass is 351 g/mol. The number of benzene rings is 1. The maximum atomic E-state index is 12.2. The van der Waals surface area contributed by atoms with Gasteiger partial charge in [-0.3, -0.25) is 9.69 Å². The van der Waals surface area contributed by atoms with Crippen molar-refractivity contribution in [3.63, 3.8) is 0 Å². The summed E-state index contributed by atoms with van der Waals surface area (Å²) in [7, 11) is 0. The highest BCUT2D eigenvalue weighted by Crippen LogP contribution is 2.22. The Morgan fingerprint density at radius 3 is 2.67 bits per heavy atom. The Bertz CT molecular complexity index is 539. The van der Waals surface area contributed by atoms with E-state index in [-0.39, 0.29) is 5.91 Å². The molecule has 0 aromatic heterocycles. The predicted octanol–water partition coefficient (Wildman–Crippen LogP) is 3.19. The summed E-state index contributed by atoms with van der Waals surface area (Å²) in [4.78, 5) is 14.6. The first-order valence-electron chi connectivity index (χ1n) is 8.95. The molecule has 1 aromatic rings. The number of hydrogen-bond acceptors (Lipinski definition) is 3. The van der Waals surface area contributed by atoms with E-state index in [9.17, 15) is 4.79 Å². The Hall–Kier alpha value is -1.10. The fourth-order valence-corrected chi connectivity index (χ4v) is 3.48. The number of carbonyl (C=O) groups excluding carboxylic acids is 1. The molecule has 1 amide bonds. The minimum absolute atomic E-state index is 0.0251. The van der Waals surface area contributed by atoms with Crippen molar-refractivity contribution in [2.45, 2.75) is 51.6 Å². The van der Waals surface area contributed by atoms with Crippen LogP contribution in [-0.2, 0) is 11.3 Å². The predicted molar refractivity (Wildman–Crippen MR) is 100.0 cm³/mol. The van der Waals surface area contributed by atoms with E-state index >= 15 is 0 Å². The molecule has 0 bridgehead atoms. The number of piperidine rings is 1. The molecule has 1 unspecified atom stereocenters. The lowest BCUT2D eigenvalue weighted by Gasteiger charge is -2.33. The number of halogens is 1. The van der Waals surface area contributed by atoms with E-state index < -0.39 is 5.54 Å². The molecule has 1 aliphatic rings. The van der Waals surface area contributed by atoms with Crippen LogP contribution in [0.4, 0.5) is 0 Å². The Morgan fingerprint density at radius 2 is 2.04 bits per heavy atom. The van der Waals surface area contributed by atoms with Crippen molar-refractivity contribution in [3.05, 3.63) is 34.9 Å². The van der Waals surface area contributed by atoms with Crippen LogP contribution in [0.25, 0.3) is 0 Å². The van der Waals surface area contributed by atoms with E-state index in [0.29, 0.717) is 5.92 Å². The van der Waals surface area contributed by atoms with E-state index in [2.05, 4.69) is 16.3 Å². The van der Waals surface area contributed by atoms with Crippen molar-refractivity contribution in [3.8, 4) is 0 Å². The van der Waals surface area contributed by atoms with Crippen LogP contribution >= 0.6 is 11.6 Å². The largest absolute Gasteiger partial charge is 0.354 e. The molecule has 24 heavy (non-hydrogen) atoms. The molecule has 1 saturated heterocycles. The van der Waals surface area contributed by atoms with Crippen molar-refractivity contribution in [2.24, 2.45) is 11.7 Å². The van der Waals surface area contributed by atoms with Crippen LogP contribution in [0.1, 0.15) is 45.1 Å². The van der Waals surface area contributed by atoms with Crippen LogP contribution in [0.5, 0.6) is 0 Å². The minimum atomic E-state index is -0.750. The summed E-state index contributed by atoms with van der Waals surface area (Å²) in [5.41, 5.74) is 6.51. The second-order valence-corrected chi connectivity index (χ2v) is 7.60. The number of rotatable bonds is 7. The summed E-state index contributed by atoms with van der Waals surface area (Å²) in [5.74, 6) is 0.511. The van der Waals surface area contributed by atoms with Crippen LogP contribution in [0.3, 0.4) is 0 Å². The fraction of sp³-hybridized carbons (Fsp3) is 0.632. The molecule has 0 spiro atoms. The molecule has 1 atom stereocenters. The summed E-state index contributed by atoms with van der Waals surface area (Å²) in [6.45, 7) is 7.58. The molecule has 0 aliphatic carbocycles. The third kappa shape index (κ3) is 5.47. The van der Waals surface area contributed by atoms with Gasteiger partial charge in [0.2, 0.25) is 5.91 Å². The summed E-state index contributed by atoms with van der Waals surface area (Å²) in [6.07, 6.45) is 3.83. The molecule has 3 N–H and O–H groups in total. The molecule has 4 nitrogen and oxygen atoms in total. The highest BCUT2D eigenvalue weighted by atomic mass is 35.5. The van der Waals surface area contributed by atoms with E-state index in [0.717, 1.165) is 56.9 Å². The van der Waals surface area contributed by atoms with Crippen molar-refractivity contribution in [2.75, 3.05) is 19.6 Å². The number of nitrogens with one attached hydrogen (secondary N) is 1. The number of hydrogen-bond donors (Lipinski definition) is 2. The van der Waals surface area contributed by atoms with Gasteiger partial charge in [0, 0.05) is 18.1 Å². The highest BCUT2D eigenvalue weighted by molar-refractivity contribution is 6.31.